The van der Waals surface area contributed by atoms with E-state index in [4.69, 9.17) is 21.8 Å². The van der Waals surface area contributed by atoms with Gasteiger partial charge >= 0.3 is 5.97 Å². The lowest BCUT2D eigenvalue weighted by molar-refractivity contribution is 0.0697. The smallest absolute Gasteiger partial charge is 0.337 e. The predicted octanol–water partition coefficient (Wildman–Crippen LogP) is -0.00490. The van der Waals surface area contributed by atoms with Crippen LogP contribution in [-0.2, 0) is 20.0 Å². The number of nitrogens with one attached hydrogen (secondary N) is 1. The van der Waals surface area contributed by atoms with Crippen LogP contribution in [0.1, 0.15) is 16.8 Å². The number of carboxylic acid groups (broad SMARTS) is 1. The van der Waals surface area contributed by atoms with Crippen LogP contribution in [0.3, 0.4) is 0 Å². The van der Waals surface area contributed by atoms with Gasteiger partial charge in [-0.05, 0) is 24.6 Å². The number of halogens is 1. The molecular weight excluding hydrogens is 344 g/mol. The average Bonchev–Trinajstić information content (AvgIpc) is 2.33. The highest BCUT2D eigenvalue weighted by molar-refractivity contribution is 7.89. The highest BCUT2D eigenvalue weighted by Gasteiger charge is 2.17. The number of primary sulfonamides is 1. The first kappa shape index (κ1) is 17.9. The molecule has 0 spiro atoms. The van der Waals surface area contributed by atoms with Crippen molar-refractivity contribution in [2.24, 2.45) is 5.14 Å². The largest absolute Gasteiger partial charge is 0.478 e. The second-order valence-corrected chi connectivity index (χ2v) is 7.97. The Morgan fingerprint density at radius 3 is 2.38 bits per heavy atom. The molecule has 0 amide bonds. The topological polar surface area (TPSA) is 144 Å². The number of hydrogen-bond donors (Lipinski definition) is 3. The van der Waals surface area contributed by atoms with Crippen molar-refractivity contribution in [3.05, 3.63) is 28.8 Å². The average molecular weight is 357 g/mol. The highest BCUT2D eigenvalue weighted by Crippen LogP contribution is 2.20. The molecule has 0 aliphatic rings. The number of rotatable bonds is 7. The number of sulfonamides is 2. The Morgan fingerprint density at radius 1 is 1.29 bits per heavy atom. The summed E-state index contributed by atoms with van der Waals surface area (Å²) in [6.45, 7) is -0.128. The van der Waals surface area contributed by atoms with Crippen molar-refractivity contribution in [2.45, 2.75) is 11.3 Å². The zero-order valence-electron chi connectivity index (χ0n) is 10.6. The van der Waals surface area contributed by atoms with Crippen molar-refractivity contribution < 1.29 is 26.7 Å². The Labute approximate surface area is 127 Å². The van der Waals surface area contributed by atoms with Crippen LogP contribution in [-0.4, -0.2) is 40.2 Å². The molecular formula is C10H13ClN2O6S2. The van der Waals surface area contributed by atoms with E-state index < -0.39 is 26.0 Å². The van der Waals surface area contributed by atoms with E-state index in [1.54, 1.807) is 0 Å². The summed E-state index contributed by atoms with van der Waals surface area (Å²) in [5.41, 5.74) is -0.218. The first-order valence-corrected chi connectivity index (χ1v) is 9.13. The first-order valence-electron chi connectivity index (χ1n) is 5.56. The third-order valence-electron chi connectivity index (χ3n) is 2.38. The molecule has 0 atom stereocenters. The predicted molar refractivity (Wildman–Crippen MR) is 76.2 cm³/mol. The summed E-state index contributed by atoms with van der Waals surface area (Å²) >= 11 is 5.68. The van der Waals surface area contributed by atoms with E-state index in [-0.39, 0.29) is 34.2 Å². The van der Waals surface area contributed by atoms with Gasteiger partial charge in [-0.3, -0.25) is 0 Å². The first-order chi connectivity index (χ1) is 9.53. The van der Waals surface area contributed by atoms with E-state index in [1.807, 2.05) is 0 Å². The van der Waals surface area contributed by atoms with Gasteiger partial charge in [-0.2, -0.15) is 0 Å². The third-order valence-corrected chi connectivity index (χ3v) is 5.01. The van der Waals surface area contributed by atoms with Crippen LogP contribution in [0.25, 0.3) is 0 Å². The molecule has 0 bridgehead atoms. The molecule has 0 heterocycles. The lowest BCUT2D eigenvalue weighted by Gasteiger charge is -2.07. The van der Waals surface area contributed by atoms with Gasteiger partial charge in [0.05, 0.1) is 21.2 Å². The number of nitrogens with two attached hydrogens (primary N) is 1. The van der Waals surface area contributed by atoms with Crippen molar-refractivity contribution >= 4 is 37.6 Å². The minimum atomic E-state index is -3.91. The standard InChI is InChI=1S/C10H13ClN2O6S2/c11-9-6-7(2-3-8(9)10(14)15)21(18,19)13-4-1-5-20(12,16)17/h2-3,6,13H,1,4-5H2,(H,14,15)(H2,12,16,17). The number of carbonyl (C=O) groups is 1. The molecule has 21 heavy (non-hydrogen) atoms. The van der Waals surface area contributed by atoms with Gasteiger partial charge in [-0.25, -0.2) is 31.5 Å². The molecule has 0 saturated carbocycles. The lowest BCUT2D eigenvalue weighted by Crippen LogP contribution is -2.27. The molecule has 4 N–H and O–H groups in total. The summed E-state index contributed by atoms with van der Waals surface area (Å²) in [4.78, 5) is 10.6. The molecule has 118 valence electrons. The van der Waals surface area contributed by atoms with Gasteiger partial charge in [-0.15, -0.1) is 0 Å². The monoisotopic (exact) mass is 356 g/mol. The van der Waals surface area contributed by atoms with Crippen molar-refractivity contribution in [3.8, 4) is 0 Å². The number of hydrogen-bond acceptors (Lipinski definition) is 5. The van der Waals surface area contributed by atoms with E-state index >= 15 is 0 Å². The zero-order valence-corrected chi connectivity index (χ0v) is 13.0. The normalized spacial score (nSPS) is 12.3. The van der Waals surface area contributed by atoms with E-state index in [0.717, 1.165) is 18.2 Å². The molecule has 0 aliphatic heterocycles. The summed E-state index contributed by atoms with van der Waals surface area (Å²) in [7, 11) is -7.56. The van der Waals surface area contributed by atoms with Crippen LogP contribution in [0.5, 0.6) is 0 Å². The van der Waals surface area contributed by atoms with Crippen LogP contribution in [0, 0.1) is 0 Å². The van der Waals surface area contributed by atoms with E-state index in [0.29, 0.717) is 0 Å². The van der Waals surface area contributed by atoms with Gasteiger partial charge < -0.3 is 5.11 Å². The van der Waals surface area contributed by atoms with Crippen molar-refractivity contribution in [1.29, 1.82) is 0 Å². The Bertz CT molecular complexity index is 745. The maximum Gasteiger partial charge on any atom is 0.337 e. The number of benzene rings is 1. The molecule has 1 aromatic carbocycles. The summed E-state index contributed by atoms with van der Waals surface area (Å²) in [6.07, 6.45) is 0.0129. The van der Waals surface area contributed by atoms with E-state index in [1.165, 1.54) is 0 Å². The van der Waals surface area contributed by atoms with Gasteiger partial charge in [0.1, 0.15) is 0 Å². The SMILES string of the molecule is NS(=O)(=O)CCCNS(=O)(=O)c1ccc(C(=O)O)c(Cl)c1. The molecule has 0 unspecified atom stereocenters. The van der Waals surface area contributed by atoms with Crippen molar-refractivity contribution in [3.63, 3.8) is 0 Å². The van der Waals surface area contributed by atoms with Crippen LogP contribution in [0.2, 0.25) is 5.02 Å². The Hall–Kier alpha value is -1.20. The fourth-order valence-electron chi connectivity index (χ4n) is 1.40. The minimum absolute atomic E-state index is 0.0129. The third kappa shape index (κ3) is 5.59. The van der Waals surface area contributed by atoms with Gasteiger partial charge in [0, 0.05) is 6.54 Å². The van der Waals surface area contributed by atoms with Crippen LogP contribution in [0.15, 0.2) is 23.1 Å². The van der Waals surface area contributed by atoms with Crippen molar-refractivity contribution in [2.75, 3.05) is 12.3 Å². The molecule has 0 fully saturated rings. The summed E-state index contributed by atoms with van der Waals surface area (Å²) in [5.74, 6) is -1.63. The number of carboxylic acids is 1. The minimum Gasteiger partial charge on any atom is -0.478 e. The molecule has 11 heteroatoms. The summed E-state index contributed by atoms with van der Waals surface area (Å²) in [5, 5.41) is 13.4. The molecule has 1 rings (SSSR count). The van der Waals surface area contributed by atoms with Crippen LogP contribution >= 0.6 is 11.6 Å². The van der Waals surface area contributed by atoms with Gasteiger partial charge in [0.15, 0.2) is 0 Å². The second kappa shape index (κ2) is 6.71. The molecule has 0 aliphatic carbocycles. The maximum absolute atomic E-state index is 11.9. The van der Waals surface area contributed by atoms with Crippen LogP contribution < -0.4 is 9.86 Å². The van der Waals surface area contributed by atoms with E-state index in [9.17, 15) is 21.6 Å². The quantitative estimate of drug-likeness (QED) is 0.586. The second-order valence-electron chi connectivity index (χ2n) is 4.07. The molecule has 0 aromatic heterocycles. The molecule has 0 radical (unpaired) electrons. The fourth-order valence-corrected chi connectivity index (χ4v) is 3.37. The summed E-state index contributed by atoms with van der Waals surface area (Å²) in [6, 6.07) is 3.17. The summed E-state index contributed by atoms with van der Waals surface area (Å²) < 4.78 is 47.4. The Kier molecular flexibility index (Phi) is 5.70. The molecule has 0 saturated heterocycles. The van der Waals surface area contributed by atoms with Gasteiger partial charge in [0.25, 0.3) is 0 Å². The Morgan fingerprint density at radius 2 is 1.90 bits per heavy atom. The fraction of sp³-hybridized carbons (Fsp3) is 0.300. The molecule has 1 aromatic rings. The lowest BCUT2D eigenvalue weighted by atomic mass is 10.2. The highest BCUT2D eigenvalue weighted by atomic mass is 35.5. The Balaban J connectivity index is 2.79. The van der Waals surface area contributed by atoms with E-state index in [2.05, 4.69) is 4.72 Å². The maximum atomic E-state index is 11.9. The van der Waals surface area contributed by atoms with Gasteiger partial charge in [0.2, 0.25) is 20.0 Å². The number of aromatic carboxylic acids is 1. The van der Waals surface area contributed by atoms with Crippen LogP contribution in [0.4, 0.5) is 0 Å². The zero-order chi connectivity index (χ0) is 16.3. The van der Waals surface area contributed by atoms with Gasteiger partial charge in [-0.1, -0.05) is 11.6 Å². The van der Waals surface area contributed by atoms with Crippen molar-refractivity contribution in [1.82, 2.24) is 4.72 Å². The molecule has 8 nitrogen and oxygen atoms in total.